The summed E-state index contributed by atoms with van der Waals surface area (Å²) in [5.74, 6) is -1.48. The van der Waals surface area contributed by atoms with E-state index in [0.29, 0.717) is 6.29 Å². The number of carbonyl (C=O) groups is 1. The van der Waals surface area contributed by atoms with Crippen molar-refractivity contribution in [1.82, 2.24) is 0 Å². The number of anilines is 1. The van der Waals surface area contributed by atoms with Crippen LogP contribution in [0.15, 0.2) is 18.2 Å². The van der Waals surface area contributed by atoms with Gasteiger partial charge in [0.15, 0.2) is 0 Å². The fraction of sp³-hybridized carbons (Fsp3) is 0.100. The Bertz CT molecular complexity index is 375. The minimum absolute atomic E-state index is 0.114. The number of hydrogen-bond donors (Lipinski definition) is 1. The molecule has 0 heterocycles. The minimum atomic E-state index is -0.782. The number of rotatable bonds is 3. The van der Waals surface area contributed by atoms with Crippen LogP contribution < -0.4 is 5.73 Å². The summed E-state index contributed by atoms with van der Waals surface area (Å²) in [6.45, 7) is 0. The Kier molecular flexibility index (Phi) is 3.34. The number of benzene rings is 1. The molecular formula is C10H9F2NO. The number of allylic oxidation sites excluding steroid dienone is 1. The summed E-state index contributed by atoms with van der Waals surface area (Å²) in [6.07, 6.45) is 3.74. The van der Waals surface area contributed by atoms with Gasteiger partial charge in [-0.15, -0.1) is 0 Å². The molecule has 0 aliphatic carbocycles. The SMILES string of the molecule is Nc1cc(C=CCC=O)c(F)cc1F. The van der Waals surface area contributed by atoms with E-state index in [2.05, 4.69) is 0 Å². The molecule has 0 radical (unpaired) electrons. The van der Waals surface area contributed by atoms with Gasteiger partial charge in [-0.2, -0.15) is 0 Å². The van der Waals surface area contributed by atoms with Crippen molar-refractivity contribution in [3.05, 3.63) is 35.4 Å². The average Bonchev–Trinajstić information content (AvgIpc) is 2.14. The van der Waals surface area contributed by atoms with Gasteiger partial charge in [0.25, 0.3) is 0 Å². The number of halogens is 2. The predicted molar refractivity (Wildman–Crippen MR) is 50.5 cm³/mol. The zero-order valence-corrected chi connectivity index (χ0v) is 7.34. The van der Waals surface area contributed by atoms with Crippen LogP contribution in [-0.4, -0.2) is 6.29 Å². The maximum atomic E-state index is 13.0. The monoisotopic (exact) mass is 197 g/mol. The van der Waals surface area contributed by atoms with E-state index in [1.54, 1.807) is 0 Å². The number of carbonyl (C=O) groups excluding carboxylic acids is 1. The van der Waals surface area contributed by atoms with Crippen molar-refractivity contribution >= 4 is 18.0 Å². The van der Waals surface area contributed by atoms with E-state index in [0.717, 1.165) is 6.07 Å². The Hall–Kier alpha value is -1.71. The molecule has 2 N–H and O–H groups in total. The van der Waals surface area contributed by atoms with Gasteiger partial charge in [-0.05, 0) is 6.07 Å². The molecule has 74 valence electrons. The zero-order chi connectivity index (χ0) is 10.6. The summed E-state index contributed by atoms with van der Waals surface area (Å²) in [7, 11) is 0. The van der Waals surface area contributed by atoms with Gasteiger partial charge in [-0.3, -0.25) is 0 Å². The van der Waals surface area contributed by atoms with Gasteiger partial charge in [0.1, 0.15) is 17.9 Å². The topological polar surface area (TPSA) is 43.1 Å². The van der Waals surface area contributed by atoms with Crippen molar-refractivity contribution in [2.45, 2.75) is 6.42 Å². The highest BCUT2D eigenvalue weighted by Crippen LogP contribution is 2.17. The molecule has 0 aliphatic heterocycles. The van der Waals surface area contributed by atoms with Crippen molar-refractivity contribution in [2.24, 2.45) is 0 Å². The van der Waals surface area contributed by atoms with Crippen molar-refractivity contribution in [3.8, 4) is 0 Å². The van der Waals surface area contributed by atoms with Gasteiger partial charge in [0.05, 0.1) is 5.69 Å². The molecule has 0 spiro atoms. The molecule has 1 aromatic carbocycles. The Morgan fingerprint density at radius 2 is 2.00 bits per heavy atom. The molecule has 0 atom stereocenters. The minimum Gasteiger partial charge on any atom is -0.396 e. The fourth-order valence-electron chi connectivity index (χ4n) is 0.962. The van der Waals surface area contributed by atoms with Crippen LogP contribution in [0.25, 0.3) is 6.08 Å². The van der Waals surface area contributed by atoms with Crippen molar-refractivity contribution in [2.75, 3.05) is 5.73 Å². The molecule has 0 saturated carbocycles. The van der Waals surface area contributed by atoms with Crippen molar-refractivity contribution in [3.63, 3.8) is 0 Å². The fourth-order valence-corrected chi connectivity index (χ4v) is 0.962. The third kappa shape index (κ3) is 2.39. The maximum absolute atomic E-state index is 13.0. The number of nitrogens with two attached hydrogens (primary N) is 1. The van der Waals surface area contributed by atoms with Gasteiger partial charge in [-0.25, -0.2) is 8.78 Å². The summed E-state index contributed by atoms with van der Waals surface area (Å²) < 4.78 is 25.7. The van der Waals surface area contributed by atoms with Crippen LogP contribution >= 0.6 is 0 Å². The van der Waals surface area contributed by atoms with E-state index >= 15 is 0 Å². The highest BCUT2D eigenvalue weighted by Gasteiger charge is 2.04. The van der Waals surface area contributed by atoms with Gasteiger partial charge >= 0.3 is 0 Å². The lowest BCUT2D eigenvalue weighted by molar-refractivity contribution is -0.107. The standard InChI is InChI=1S/C10H9F2NO/c11-8-6-9(12)10(13)5-7(8)3-1-2-4-14/h1,3-6H,2,13H2. The van der Waals surface area contributed by atoms with E-state index in [4.69, 9.17) is 5.73 Å². The first-order chi connectivity index (χ1) is 6.65. The van der Waals surface area contributed by atoms with Gasteiger partial charge in [0.2, 0.25) is 0 Å². The summed E-state index contributed by atoms with van der Waals surface area (Å²) in [4.78, 5) is 9.97. The first kappa shape index (κ1) is 10.4. The smallest absolute Gasteiger partial charge is 0.149 e. The zero-order valence-electron chi connectivity index (χ0n) is 7.34. The largest absolute Gasteiger partial charge is 0.396 e. The number of nitrogen functional groups attached to an aromatic ring is 1. The quantitative estimate of drug-likeness (QED) is 0.596. The van der Waals surface area contributed by atoms with E-state index in [9.17, 15) is 13.6 Å². The molecule has 1 rings (SSSR count). The summed E-state index contributed by atoms with van der Waals surface area (Å²) >= 11 is 0. The number of hydrogen-bond acceptors (Lipinski definition) is 2. The lowest BCUT2D eigenvalue weighted by atomic mass is 10.1. The van der Waals surface area contributed by atoms with E-state index in [1.165, 1.54) is 18.2 Å². The normalized spacial score (nSPS) is 10.7. The third-order valence-electron chi connectivity index (χ3n) is 1.65. The predicted octanol–water partition coefficient (Wildman–Crippen LogP) is 2.15. The molecule has 0 aromatic heterocycles. The Morgan fingerprint density at radius 3 is 2.64 bits per heavy atom. The van der Waals surface area contributed by atoms with Gasteiger partial charge < -0.3 is 10.5 Å². The lowest BCUT2D eigenvalue weighted by Gasteiger charge is -2.00. The second-order valence-electron chi connectivity index (χ2n) is 2.70. The summed E-state index contributed by atoms with van der Waals surface area (Å²) in [5, 5.41) is 0. The third-order valence-corrected chi connectivity index (χ3v) is 1.65. The number of aldehydes is 1. The van der Waals surface area contributed by atoms with E-state index in [-0.39, 0.29) is 17.7 Å². The van der Waals surface area contributed by atoms with Crippen LogP contribution in [0.4, 0.5) is 14.5 Å². The molecule has 14 heavy (non-hydrogen) atoms. The molecule has 0 fully saturated rings. The highest BCUT2D eigenvalue weighted by molar-refractivity contribution is 5.60. The lowest BCUT2D eigenvalue weighted by Crippen LogP contribution is -1.93. The molecule has 0 bridgehead atoms. The second kappa shape index (κ2) is 4.50. The van der Waals surface area contributed by atoms with Crippen LogP contribution in [-0.2, 0) is 4.79 Å². The molecular weight excluding hydrogens is 188 g/mol. The van der Waals surface area contributed by atoms with Crippen LogP contribution in [0.5, 0.6) is 0 Å². The molecule has 4 heteroatoms. The van der Waals surface area contributed by atoms with Gasteiger partial charge in [-0.1, -0.05) is 12.2 Å². The van der Waals surface area contributed by atoms with Crippen molar-refractivity contribution in [1.29, 1.82) is 0 Å². The molecule has 2 nitrogen and oxygen atoms in total. The average molecular weight is 197 g/mol. The first-order valence-corrected chi connectivity index (χ1v) is 4.00. The van der Waals surface area contributed by atoms with Gasteiger partial charge in [0, 0.05) is 18.1 Å². The van der Waals surface area contributed by atoms with Crippen LogP contribution in [0.1, 0.15) is 12.0 Å². The molecule has 1 aromatic rings. The highest BCUT2D eigenvalue weighted by atomic mass is 19.1. The van der Waals surface area contributed by atoms with Crippen LogP contribution in [0.2, 0.25) is 0 Å². The Morgan fingerprint density at radius 1 is 1.29 bits per heavy atom. The van der Waals surface area contributed by atoms with Crippen LogP contribution in [0.3, 0.4) is 0 Å². The molecule has 0 amide bonds. The second-order valence-corrected chi connectivity index (χ2v) is 2.70. The van der Waals surface area contributed by atoms with E-state index < -0.39 is 11.6 Å². The Labute approximate surface area is 80.0 Å². The molecule has 0 unspecified atom stereocenters. The molecule has 0 saturated heterocycles. The van der Waals surface area contributed by atoms with Crippen molar-refractivity contribution < 1.29 is 13.6 Å². The summed E-state index contributed by atoms with van der Waals surface area (Å²) in [5.41, 5.74) is 5.31. The first-order valence-electron chi connectivity index (χ1n) is 4.00. The Balaban J connectivity index is 2.97. The van der Waals surface area contributed by atoms with Crippen LogP contribution in [0, 0.1) is 11.6 Å². The molecule has 0 aliphatic rings. The van der Waals surface area contributed by atoms with E-state index in [1.807, 2.05) is 0 Å². The summed E-state index contributed by atoms with van der Waals surface area (Å²) in [6, 6.07) is 1.90. The maximum Gasteiger partial charge on any atom is 0.149 e.